The quantitative estimate of drug-likeness (QED) is 0.656. The molecule has 0 unspecified atom stereocenters. The van der Waals surface area contributed by atoms with E-state index in [1.165, 1.54) is 0 Å². The molecule has 0 spiro atoms. The van der Waals surface area contributed by atoms with E-state index in [4.69, 9.17) is 0 Å². The number of halogens is 2. The summed E-state index contributed by atoms with van der Waals surface area (Å²) in [5.74, 6) is 0. The third-order valence-electron chi connectivity index (χ3n) is 0.699. The lowest BCUT2D eigenvalue weighted by Gasteiger charge is -1.83. The van der Waals surface area contributed by atoms with Crippen LogP contribution in [0.3, 0.4) is 0 Å². The lowest BCUT2D eigenvalue weighted by atomic mass is 10.4. The van der Waals surface area contributed by atoms with Crippen molar-refractivity contribution in [3.05, 3.63) is 33.8 Å². The smallest absolute Gasteiger partial charge is 0.0132 e. The van der Waals surface area contributed by atoms with E-state index >= 15 is 0 Å². The zero-order chi connectivity index (χ0) is 7.28. The van der Waals surface area contributed by atoms with Gasteiger partial charge in [-0.25, -0.2) is 0 Å². The van der Waals surface area contributed by atoms with Crippen molar-refractivity contribution >= 4 is 31.9 Å². The maximum absolute atomic E-state index is 3.64. The first kappa shape index (κ1) is 9.18. The average molecular weight is 252 g/mol. The Morgan fingerprint density at radius 2 is 1.89 bits per heavy atom. The molecule has 0 saturated heterocycles. The fourth-order valence-electron chi connectivity index (χ4n) is 0.266. The molecule has 0 bridgehead atoms. The molecular formula is C7H8Br2. The van der Waals surface area contributed by atoms with Gasteiger partial charge in [0.25, 0.3) is 0 Å². The highest BCUT2D eigenvalue weighted by Gasteiger charge is 1.79. The summed E-state index contributed by atoms with van der Waals surface area (Å²) >= 11 is 6.52. The van der Waals surface area contributed by atoms with E-state index in [2.05, 4.69) is 38.4 Å². The fourth-order valence-corrected chi connectivity index (χ4v) is 0.531. The van der Waals surface area contributed by atoms with Gasteiger partial charge in [-0.2, -0.15) is 0 Å². The van der Waals surface area contributed by atoms with Crippen LogP contribution in [0, 0.1) is 0 Å². The third-order valence-corrected chi connectivity index (χ3v) is 1.69. The van der Waals surface area contributed by atoms with Crippen LogP contribution in [-0.4, -0.2) is 0 Å². The third kappa shape index (κ3) is 6.06. The topological polar surface area (TPSA) is 0 Å². The fraction of sp³-hybridized carbons (Fsp3) is 0.143. The van der Waals surface area contributed by atoms with Gasteiger partial charge in [-0.3, -0.25) is 0 Å². The van der Waals surface area contributed by atoms with Gasteiger partial charge in [0.05, 0.1) is 0 Å². The molecule has 0 atom stereocenters. The predicted octanol–water partition coefficient (Wildman–Crippen LogP) is 3.75. The molecule has 0 aliphatic heterocycles. The normalized spacial score (nSPS) is 12.6. The number of allylic oxidation sites excluding steroid dienone is 5. The SMILES string of the molecule is C=C(Br)/C=C\C(Br)=C\C. The summed E-state index contributed by atoms with van der Waals surface area (Å²) < 4.78 is 1.93. The molecule has 0 aromatic heterocycles. The van der Waals surface area contributed by atoms with Crippen LogP contribution in [0.1, 0.15) is 6.92 Å². The molecule has 0 aliphatic rings. The van der Waals surface area contributed by atoms with Crippen LogP contribution in [0.5, 0.6) is 0 Å². The second-order valence-electron chi connectivity index (χ2n) is 1.45. The van der Waals surface area contributed by atoms with Crippen molar-refractivity contribution in [2.75, 3.05) is 0 Å². The molecule has 0 N–H and O–H groups in total. The molecule has 0 heterocycles. The van der Waals surface area contributed by atoms with E-state index in [1.54, 1.807) is 0 Å². The maximum atomic E-state index is 3.64. The lowest BCUT2D eigenvalue weighted by Crippen LogP contribution is -1.59. The largest absolute Gasteiger partial charge is 0.0847 e. The van der Waals surface area contributed by atoms with E-state index in [0.717, 1.165) is 8.96 Å². The van der Waals surface area contributed by atoms with Crippen LogP contribution in [-0.2, 0) is 0 Å². The first-order valence-corrected chi connectivity index (χ1v) is 4.09. The Morgan fingerprint density at radius 1 is 1.33 bits per heavy atom. The van der Waals surface area contributed by atoms with Crippen LogP contribution in [0.15, 0.2) is 33.8 Å². The number of hydrogen-bond donors (Lipinski definition) is 0. The van der Waals surface area contributed by atoms with Crippen molar-refractivity contribution in [2.24, 2.45) is 0 Å². The number of hydrogen-bond acceptors (Lipinski definition) is 0. The monoisotopic (exact) mass is 250 g/mol. The highest BCUT2D eigenvalue weighted by molar-refractivity contribution is 9.12. The highest BCUT2D eigenvalue weighted by atomic mass is 79.9. The van der Waals surface area contributed by atoms with E-state index in [-0.39, 0.29) is 0 Å². The Balaban J connectivity index is 3.86. The molecule has 2 heteroatoms. The van der Waals surface area contributed by atoms with Crippen molar-refractivity contribution in [3.63, 3.8) is 0 Å². The predicted molar refractivity (Wildman–Crippen MR) is 49.9 cm³/mol. The number of rotatable bonds is 2. The van der Waals surface area contributed by atoms with E-state index in [9.17, 15) is 0 Å². The summed E-state index contributed by atoms with van der Waals surface area (Å²) in [6, 6.07) is 0. The van der Waals surface area contributed by atoms with Gasteiger partial charge in [-0.1, -0.05) is 44.5 Å². The van der Waals surface area contributed by atoms with Gasteiger partial charge < -0.3 is 0 Å². The first-order valence-electron chi connectivity index (χ1n) is 2.51. The van der Waals surface area contributed by atoms with Crippen LogP contribution in [0.25, 0.3) is 0 Å². The molecule has 0 aromatic rings. The van der Waals surface area contributed by atoms with Crippen LogP contribution in [0.4, 0.5) is 0 Å². The van der Waals surface area contributed by atoms with Gasteiger partial charge in [-0.05, 0) is 19.1 Å². The van der Waals surface area contributed by atoms with Crippen molar-refractivity contribution in [2.45, 2.75) is 6.92 Å². The van der Waals surface area contributed by atoms with Crippen molar-refractivity contribution < 1.29 is 0 Å². The minimum atomic E-state index is 0.876. The summed E-state index contributed by atoms with van der Waals surface area (Å²) in [4.78, 5) is 0. The zero-order valence-corrected chi connectivity index (χ0v) is 8.37. The maximum Gasteiger partial charge on any atom is 0.0132 e. The molecule has 0 radical (unpaired) electrons. The Kier molecular flexibility index (Phi) is 5.10. The lowest BCUT2D eigenvalue weighted by molar-refractivity contribution is 1.71. The van der Waals surface area contributed by atoms with E-state index in [0.29, 0.717) is 0 Å². The van der Waals surface area contributed by atoms with Gasteiger partial charge in [0.1, 0.15) is 0 Å². The Labute approximate surface area is 72.6 Å². The molecule has 0 aromatic carbocycles. The second kappa shape index (κ2) is 5.00. The molecule has 0 aliphatic carbocycles. The molecule has 0 nitrogen and oxygen atoms in total. The standard InChI is InChI=1S/C7H8Br2/c1-3-7(9)5-4-6(2)8/h3-5H,2H2,1H3/b5-4-,7-3-. The van der Waals surface area contributed by atoms with E-state index < -0.39 is 0 Å². The summed E-state index contributed by atoms with van der Waals surface area (Å²) in [5.41, 5.74) is 0. The van der Waals surface area contributed by atoms with Gasteiger partial charge >= 0.3 is 0 Å². The average Bonchev–Trinajstić information content (AvgIpc) is 1.83. The molecule has 0 rings (SSSR count). The summed E-state index contributed by atoms with van der Waals surface area (Å²) in [6.45, 7) is 5.61. The molecule has 50 valence electrons. The first-order chi connectivity index (χ1) is 4.16. The minimum absolute atomic E-state index is 0.876. The summed E-state index contributed by atoms with van der Waals surface area (Å²) in [6.07, 6.45) is 5.77. The molecule has 0 amide bonds. The van der Waals surface area contributed by atoms with Crippen molar-refractivity contribution in [1.29, 1.82) is 0 Å². The summed E-state index contributed by atoms with van der Waals surface area (Å²) in [5, 5.41) is 0. The molecular weight excluding hydrogens is 244 g/mol. The van der Waals surface area contributed by atoms with Gasteiger partial charge in [0.15, 0.2) is 0 Å². The minimum Gasteiger partial charge on any atom is -0.0847 e. The Hall–Kier alpha value is 0.180. The van der Waals surface area contributed by atoms with Crippen molar-refractivity contribution in [1.82, 2.24) is 0 Å². The molecule has 0 saturated carbocycles. The van der Waals surface area contributed by atoms with Crippen LogP contribution in [0.2, 0.25) is 0 Å². The zero-order valence-electron chi connectivity index (χ0n) is 5.20. The summed E-state index contributed by atoms with van der Waals surface area (Å²) in [7, 11) is 0. The Morgan fingerprint density at radius 3 is 2.22 bits per heavy atom. The highest BCUT2D eigenvalue weighted by Crippen LogP contribution is 2.09. The molecule has 9 heavy (non-hydrogen) atoms. The van der Waals surface area contributed by atoms with Gasteiger partial charge in [-0.15, -0.1) is 0 Å². The second-order valence-corrected chi connectivity index (χ2v) is 3.39. The molecule has 0 fully saturated rings. The van der Waals surface area contributed by atoms with Crippen molar-refractivity contribution in [3.8, 4) is 0 Å². The Bertz CT molecular complexity index is 154. The van der Waals surface area contributed by atoms with Crippen LogP contribution < -0.4 is 0 Å². The van der Waals surface area contributed by atoms with Gasteiger partial charge in [0, 0.05) is 8.96 Å². The van der Waals surface area contributed by atoms with E-state index in [1.807, 2.05) is 25.2 Å². The van der Waals surface area contributed by atoms with Gasteiger partial charge in [0.2, 0.25) is 0 Å². The van der Waals surface area contributed by atoms with Crippen LogP contribution >= 0.6 is 31.9 Å².